The SMILES string of the molecule is CC#CCCNCc1cn(C)nc1C(C)C. The topological polar surface area (TPSA) is 29.9 Å². The van der Waals surface area contributed by atoms with E-state index in [2.05, 4.69) is 42.3 Å². The summed E-state index contributed by atoms with van der Waals surface area (Å²) in [5.74, 6) is 6.42. The van der Waals surface area contributed by atoms with Crippen molar-refractivity contribution in [1.29, 1.82) is 0 Å². The first kappa shape index (κ1) is 12.8. The van der Waals surface area contributed by atoms with Crippen LogP contribution in [-0.2, 0) is 13.6 Å². The van der Waals surface area contributed by atoms with Crippen LogP contribution in [0.2, 0.25) is 0 Å². The van der Waals surface area contributed by atoms with Crippen LogP contribution in [0.5, 0.6) is 0 Å². The molecule has 0 aliphatic rings. The predicted molar refractivity (Wildman–Crippen MR) is 67.1 cm³/mol. The van der Waals surface area contributed by atoms with Crippen molar-refractivity contribution in [3.63, 3.8) is 0 Å². The Bertz CT molecular complexity index is 380. The molecule has 88 valence electrons. The van der Waals surface area contributed by atoms with Gasteiger partial charge in [-0.15, -0.1) is 11.8 Å². The molecular formula is C13H21N3. The zero-order valence-corrected chi connectivity index (χ0v) is 10.7. The Morgan fingerprint density at radius 1 is 1.50 bits per heavy atom. The molecule has 0 saturated carbocycles. The molecule has 0 saturated heterocycles. The Kier molecular flexibility index (Phi) is 5.07. The van der Waals surface area contributed by atoms with Crippen LogP contribution in [0.1, 0.15) is 44.4 Å². The van der Waals surface area contributed by atoms with E-state index in [1.807, 2.05) is 18.7 Å². The van der Waals surface area contributed by atoms with E-state index >= 15 is 0 Å². The largest absolute Gasteiger partial charge is 0.312 e. The highest BCUT2D eigenvalue weighted by atomic mass is 15.3. The quantitative estimate of drug-likeness (QED) is 0.607. The molecule has 3 nitrogen and oxygen atoms in total. The third-order valence-corrected chi connectivity index (χ3v) is 2.40. The molecule has 0 aromatic carbocycles. The maximum Gasteiger partial charge on any atom is 0.0694 e. The smallest absolute Gasteiger partial charge is 0.0694 e. The van der Waals surface area contributed by atoms with Gasteiger partial charge in [0, 0.05) is 38.3 Å². The summed E-state index contributed by atoms with van der Waals surface area (Å²) in [6, 6.07) is 0. The molecule has 1 aromatic rings. The third kappa shape index (κ3) is 3.71. The zero-order valence-electron chi connectivity index (χ0n) is 10.7. The van der Waals surface area contributed by atoms with Crippen molar-refractivity contribution in [3.8, 4) is 11.8 Å². The van der Waals surface area contributed by atoms with Gasteiger partial charge in [0.05, 0.1) is 5.69 Å². The highest BCUT2D eigenvalue weighted by Crippen LogP contribution is 2.16. The number of aromatic nitrogens is 2. The van der Waals surface area contributed by atoms with E-state index in [1.54, 1.807) is 0 Å². The van der Waals surface area contributed by atoms with Crippen LogP contribution in [0, 0.1) is 11.8 Å². The number of hydrogen-bond donors (Lipinski definition) is 1. The van der Waals surface area contributed by atoms with Crippen LogP contribution >= 0.6 is 0 Å². The average Bonchev–Trinajstić information content (AvgIpc) is 2.59. The summed E-state index contributed by atoms with van der Waals surface area (Å²) in [6.07, 6.45) is 3.00. The van der Waals surface area contributed by atoms with E-state index in [9.17, 15) is 0 Å². The Morgan fingerprint density at radius 2 is 2.25 bits per heavy atom. The molecule has 0 amide bonds. The molecule has 16 heavy (non-hydrogen) atoms. The van der Waals surface area contributed by atoms with Crippen LogP contribution in [0.3, 0.4) is 0 Å². The molecule has 3 heteroatoms. The molecule has 0 spiro atoms. The van der Waals surface area contributed by atoms with E-state index in [4.69, 9.17) is 0 Å². The Morgan fingerprint density at radius 3 is 2.88 bits per heavy atom. The van der Waals surface area contributed by atoms with Gasteiger partial charge in [0.1, 0.15) is 0 Å². The molecule has 0 atom stereocenters. The first-order chi connectivity index (χ1) is 7.65. The minimum atomic E-state index is 0.480. The molecule has 1 N–H and O–H groups in total. The number of aryl methyl sites for hydroxylation is 1. The van der Waals surface area contributed by atoms with Gasteiger partial charge >= 0.3 is 0 Å². The number of rotatable bonds is 5. The second kappa shape index (κ2) is 6.34. The summed E-state index contributed by atoms with van der Waals surface area (Å²) < 4.78 is 1.89. The zero-order chi connectivity index (χ0) is 12.0. The van der Waals surface area contributed by atoms with Crippen LogP contribution in [0.25, 0.3) is 0 Å². The van der Waals surface area contributed by atoms with E-state index in [1.165, 1.54) is 11.3 Å². The highest BCUT2D eigenvalue weighted by molar-refractivity contribution is 5.19. The molecule has 1 aromatic heterocycles. The standard InChI is InChI=1S/C13H21N3/c1-5-6-7-8-14-9-12-10-16(4)15-13(12)11(2)3/h10-11,14H,7-9H2,1-4H3. The fraction of sp³-hybridized carbons (Fsp3) is 0.615. The van der Waals surface area contributed by atoms with Gasteiger partial charge in [-0.2, -0.15) is 5.10 Å². The normalized spacial score (nSPS) is 10.3. The molecule has 0 aliphatic carbocycles. The van der Waals surface area contributed by atoms with Gasteiger partial charge in [0.25, 0.3) is 0 Å². The van der Waals surface area contributed by atoms with Crippen LogP contribution in [0.15, 0.2) is 6.20 Å². The van der Waals surface area contributed by atoms with E-state index in [0.717, 1.165) is 19.5 Å². The molecule has 0 unspecified atom stereocenters. The average molecular weight is 219 g/mol. The van der Waals surface area contributed by atoms with Gasteiger partial charge in [-0.1, -0.05) is 13.8 Å². The summed E-state index contributed by atoms with van der Waals surface area (Å²) in [7, 11) is 1.97. The van der Waals surface area contributed by atoms with E-state index in [-0.39, 0.29) is 0 Å². The molecule has 0 fully saturated rings. The monoisotopic (exact) mass is 219 g/mol. The fourth-order valence-electron chi connectivity index (χ4n) is 1.68. The van der Waals surface area contributed by atoms with Crippen molar-refractivity contribution in [2.75, 3.05) is 6.54 Å². The van der Waals surface area contributed by atoms with Gasteiger partial charge < -0.3 is 5.32 Å². The molecular weight excluding hydrogens is 198 g/mol. The lowest BCUT2D eigenvalue weighted by Crippen LogP contribution is -2.15. The Balaban J connectivity index is 2.48. The molecule has 1 rings (SSSR count). The maximum atomic E-state index is 4.47. The second-order valence-electron chi connectivity index (χ2n) is 4.22. The predicted octanol–water partition coefficient (Wildman–Crippen LogP) is 2.05. The van der Waals surface area contributed by atoms with Gasteiger partial charge in [0.2, 0.25) is 0 Å². The first-order valence-corrected chi connectivity index (χ1v) is 5.78. The Hall–Kier alpha value is -1.27. The molecule has 0 radical (unpaired) electrons. The number of hydrogen-bond acceptors (Lipinski definition) is 2. The van der Waals surface area contributed by atoms with Crippen molar-refractivity contribution in [2.24, 2.45) is 7.05 Å². The lowest BCUT2D eigenvalue weighted by molar-refractivity contribution is 0.684. The van der Waals surface area contributed by atoms with Crippen molar-refractivity contribution >= 4 is 0 Å². The van der Waals surface area contributed by atoms with Gasteiger partial charge in [-0.25, -0.2) is 0 Å². The molecule has 0 bridgehead atoms. The second-order valence-corrected chi connectivity index (χ2v) is 4.22. The van der Waals surface area contributed by atoms with E-state index in [0.29, 0.717) is 5.92 Å². The summed E-state index contributed by atoms with van der Waals surface area (Å²) in [5, 5.41) is 7.86. The maximum absolute atomic E-state index is 4.47. The van der Waals surface area contributed by atoms with Crippen LogP contribution in [-0.4, -0.2) is 16.3 Å². The molecule has 0 aliphatic heterocycles. The highest BCUT2D eigenvalue weighted by Gasteiger charge is 2.10. The number of nitrogens with one attached hydrogen (secondary N) is 1. The molecule has 1 heterocycles. The lowest BCUT2D eigenvalue weighted by Gasteiger charge is -2.05. The summed E-state index contributed by atoms with van der Waals surface area (Å²) >= 11 is 0. The van der Waals surface area contributed by atoms with Crippen molar-refractivity contribution in [2.45, 2.75) is 39.7 Å². The minimum Gasteiger partial charge on any atom is -0.312 e. The third-order valence-electron chi connectivity index (χ3n) is 2.40. The summed E-state index contributed by atoms with van der Waals surface area (Å²) in [6.45, 7) is 8.04. The van der Waals surface area contributed by atoms with Crippen molar-refractivity contribution < 1.29 is 0 Å². The minimum absolute atomic E-state index is 0.480. The fourth-order valence-corrected chi connectivity index (χ4v) is 1.68. The summed E-state index contributed by atoms with van der Waals surface area (Å²) in [5.41, 5.74) is 2.48. The lowest BCUT2D eigenvalue weighted by atomic mass is 10.1. The van der Waals surface area contributed by atoms with Gasteiger partial charge in [-0.3, -0.25) is 4.68 Å². The number of nitrogens with zero attached hydrogens (tertiary/aromatic N) is 2. The Labute approximate surface area is 98.2 Å². The van der Waals surface area contributed by atoms with Gasteiger partial charge in [-0.05, 0) is 12.8 Å². The van der Waals surface area contributed by atoms with Gasteiger partial charge in [0.15, 0.2) is 0 Å². The van der Waals surface area contributed by atoms with Crippen molar-refractivity contribution in [3.05, 3.63) is 17.5 Å². The summed E-state index contributed by atoms with van der Waals surface area (Å²) in [4.78, 5) is 0. The van der Waals surface area contributed by atoms with Crippen LogP contribution < -0.4 is 5.32 Å². The van der Waals surface area contributed by atoms with Crippen LogP contribution in [0.4, 0.5) is 0 Å². The first-order valence-electron chi connectivity index (χ1n) is 5.78. The van der Waals surface area contributed by atoms with E-state index < -0.39 is 0 Å². The van der Waals surface area contributed by atoms with Crippen molar-refractivity contribution in [1.82, 2.24) is 15.1 Å².